The minimum absolute atomic E-state index is 0.0589. The Morgan fingerprint density at radius 3 is 2.00 bits per heavy atom. The van der Waals surface area contributed by atoms with Crippen LogP contribution < -0.4 is 0 Å². The van der Waals surface area contributed by atoms with Gasteiger partial charge in [0, 0.05) is 0 Å². The van der Waals surface area contributed by atoms with E-state index in [1.54, 1.807) is 0 Å². The zero-order valence-electron chi connectivity index (χ0n) is 7.59. The lowest BCUT2D eigenvalue weighted by molar-refractivity contribution is -0.148. The summed E-state index contributed by atoms with van der Waals surface area (Å²) in [5.74, 6) is -3.28. The molecule has 6 heteroatoms. The van der Waals surface area contributed by atoms with Crippen molar-refractivity contribution in [3.63, 3.8) is 0 Å². The third-order valence-corrected chi connectivity index (χ3v) is 1.79. The zero-order valence-corrected chi connectivity index (χ0v) is 7.59. The van der Waals surface area contributed by atoms with Gasteiger partial charge in [0.15, 0.2) is 6.29 Å². The zero-order chi connectivity index (χ0) is 11.1. The van der Waals surface area contributed by atoms with E-state index in [1.807, 2.05) is 0 Å². The molecule has 0 spiro atoms. The van der Waals surface area contributed by atoms with Crippen LogP contribution in [-0.4, -0.2) is 38.7 Å². The molecule has 0 radical (unpaired) electrons. The largest absolute Gasteiger partial charge is 0.481 e. The number of carboxylic acids is 2. The van der Waals surface area contributed by atoms with Gasteiger partial charge in [0.2, 0.25) is 0 Å². The molecule has 0 bridgehead atoms. The first kappa shape index (κ1) is 12.9. The van der Waals surface area contributed by atoms with Crippen molar-refractivity contribution in [1.29, 1.82) is 0 Å². The van der Waals surface area contributed by atoms with Crippen LogP contribution in [0.25, 0.3) is 0 Å². The van der Waals surface area contributed by atoms with Gasteiger partial charge in [-0.05, 0) is 19.3 Å². The molecule has 4 N–H and O–H groups in total. The Kier molecular flexibility index (Phi) is 5.82. The van der Waals surface area contributed by atoms with Gasteiger partial charge in [0.25, 0.3) is 0 Å². The third kappa shape index (κ3) is 6.38. The molecular formula is C8H14O6. The molecule has 14 heavy (non-hydrogen) atoms. The summed E-state index contributed by atoms with van der Waals surface area (Å²) in [4.78, 5) is 20.8. The molecule has 0 aromatic rings. The van der Waals surface area contributed by atoms with Crippen molar-refractivity contribution < 1.29 is 30.0 Å². The summed E-state index contributed by atoms with van der Waals surface area (Å²) in [6.45, 7) is 0. The van der Waals surface area contributed by atoms with Crippen LogP contribution >= 0.6 is 0 Å². The first-order chi connectivity index (χ1) is 6.43. The third-order valence-electron chi connectivity index (χ3n) is 1.79. The maximum Gasteiger partial charge on any atom is 0.307 e. The van der Waals surface area contributed by atoms with Crippen LogP contribution in [0, 0.1) is 5.92 Å². The van der Waals surface area contributed by atoms with Gasteiger partial charge >= 0.3 is 11.9 Å². The average molecular weight is 206 g/mol. The van der Waals surface area contributed by atoms with E-state index >= 15 is 0 Å². The number of rotatable bonds is 7. The van der Waals surface area contributed by atoms with Crippen LogP contribution in [0.15, 0.2) is 0 Å². The van der Waals surface area contributed by atoms with E-state index < -0.39 is 30.6 Å². The molecule has 0 aliphatic heterocycles. The molecule has 0 saturated carbocycles. The highest BCUT2D eigenvalue weighted by molar-refractivity contribution is 5.77. The summed E-state index contributed by atoms with van der Waals surface area (Å²) >= 11 is 0. The molecule has 0 aromatic heterocycles. The van der Waals surface area contributed by atoms with Crippen molar-refractivity contribution >= 4 is 11.9 Å². The number of aliphatic hydroxyl groups is 2. The van der Waals surface area contributed by atoms with Crippen LogP contribution in [0.1, 0.15) is 25.7 Å². The summed E-state index contributed by atoms with van der Waals surface area (Å²) in [6.07, 6.45) is -1.42. The van der Waals surface area contributed by atoms with Crippen LogP contribution in [-0.2, 0) is 9.59 Å². The van der Waals surface area contributed by atoms with E-state index in [4.69, 9.17) is 20.4 Å². The van der Waals surface area contributed by atoms with Gasteiger partial charge in [0.05, 0.1) is 12.3 Å². The fraction of sp³-hybridized carbons (Fsp3) is 0.750. The van der Waals surface area contributed by atoms with E-state index in [1.165, 1.54) is 0 Å². The van der Waals surface area contributed by atoms with Gasteiger partial charge < -0.3 is 20.4 Å². The molecule has 1 unspecified atom stereocenters. The minimum atomic E-state index is -1.46. The number of carbonyl (C=O) groups is 2. The Labute approximate surface area is 80.8 Å². The summed E-state index contributed by atoms with van der Waals surface area (Å²) in [5, 5.41) is 33.9. The molecule has 82 valence electrons. The van der Waals surface area contributed by atoms with Crippen LogP contribution in [0.5, 0.6) is 0 Å². The van der Waals surface area contributed by atoms with Gasteiger partial charge in [0.1, 0.15) is 0 Å². The number of aliphatic hydroxyl groups excluding tert-OH is 1. The molecule has 0 saturated heterocycles. The predicted octanol–water partition coefficient (Wildman–Crippen LogP) is -0.357. The van der Waals surface area contributed by atoms with Crippen molar-refractivity contribution in [2.45, 2.75) is 32.0 Å². The van der Waals surface area contributed by atoms with Crippen molar-refractivity contribution in [2.24, 2.45) is 5.92 Å². The van der Waals surface area contributed by atoms with Gasteiger partial charge in [-0.15, -0.1) is 0 Å². The molecule has 0 aliphatic rings. The minimum Gasteiger partial charge on any atom is -0.481 e. The first-order valence-corrected chi connectivity index (χ1v) is 4.24. The Bertz CT molecular complexity index is 200. The van der Waals surface area contributed by atoms with Gasteiger partial charge in [-0.25, -0.2) is 0 Å². The lowest BCUT2D eigenvalue weighted by Crippen LogP contribution is -2.18. The lowest BCUT2D eigenvalue weighted by atomic mass is 9.98. The molecule has 0 amide bonds. The average Bonchev–Trinajstić information content (AvgIpc) is 2.00. The molecule has 0 aliphatic carbocycles. The molecule has 6 nitrogen and oxygen atoms in total. The number of hydrogen-bond acceptors (Lipinski definition) is 4. The Balaban J connectivity index is 3.86. The van der Waals surface area contributed by atoms with E-state index in [0.717, 1.165) is 0 Å². The van der Waals surface area contributed by atoms with Crippen LogP contribution in [0.3, 0.4) is 0 Å². The number of hydrogen-bond donors (Lipinski definition) is 4. The van der Waals surface area contributed by atoms with Gasteiger partial charge in [-0.3, -0.25) is 9.59 Å². The quantitative estimate of drug-likeness (QED) is 0.423. The monoisotopic (exact) mass is 206 g/mol. The standard InChI is InChI=1S/C8H14O6/c9-6(10)3-1-2-5(8(13)14)4-7(11)12/h5-6,9-10H,1-4H2,(H,11,12)(H,13,14). The maximum absolute atomic E-state index is 10.5. The maximum atomic E-state index is 10.5. The van der Waals surface area contributed by atoms with Crippen LogP contribution in [0.2, 0.25) is 0 Å². The second kappa shape index (κ2) is 6.33. The highest BCUT2D eigenvalue weighted by Crippen LogP contribution is 2.13. The fourth-order valence-corrected chi connectivity index (χ4v) is 1.07. The van der Waals surface area contributed by atoms with E-state index in [9.17, 15) is 9.59 Å². The van der Waals surface area contributed by atoms with Crippen molar-refractivity contribution in [1.82, 2.24) is 0 Å². The second-order valence-electron chi connectivity index (χ2n) is 3.04. The summed E-state index contributed by atoms with van der Waals surface area (Å²) in [6, 6.07) is 0. The van der Waals surface area contributed by atoms with E-state index in [-0.39, 0.29) is 19.3 Å². The molecular weight excluding hydrogens is 192 g/mol. The van der Waals surface area contributed by atoms with Gasteiger partial charge in [-0.1, -0.05) is 0 Å². The number of aliphatic carboxylic acids is 2. The van der Waals surface area contributed by atoms with E-state index in [0.29, 0.717) is 0 Å². The molecule has 0 aromatic carbocycles. The Hall–Kier alpha value is -1.14. The lowest BCUT2D eigenvalue weighted by Gasteiger charge is -2.09. The summed E-state index contributed by atoms with van der Waals surface area (Å²) in [7, 11) is 0. The topological polar surface area (TPSA) is 115 Å². The fourth-order valence-electron chi connectivity index (χ4n) is 1.07. The van der Waals surface area contributed by atoms with Crippen molar-refractivity contribution in [2.75, 3.05) is 0 Å². The Morgan fingerprint density at radius 1 is 1.07 bits per heavy atom. The van der Waals surface area contributed by atoms with Crippen molar-refractivity contribution in [3.8, 4) is 0 Å². The highest BCUT2D eigenvalue weighted by Gasteiger charge is 2.20. The predicted molar refractivity (Wildman–Crippen MR) is 45.5 cm³/mol. The number of carboxylic acid groups (broad SMARTS) is 2. The van der Waals surface area contributed by atoms with E-state index in [2.05, 4.69) is 0 Å². The first-order valence-electron chi connectivity index (χ1n) is 4.24. The molecule has 0 rings (SSSR count). The molecule has 1 atom stereocenters. The molecule has 0 heterocycles. The smallest absolute Gasteiger partial charge is 0.307 e. The van der Waals surface area contributed by atoms with Crippen molar-refractivity contribution in [3.05, 3.63) is 0 Å². The summed E-state index contributed by atoms with van der Waals surface area (Å²) in [5.41, 5.74) is 0. The van der Waals surface area contributed by atoms with Crippen LogP contribution in [0.4, 0.5) is 0 Å². The molecule has 0 fully saturated rings. The highest BCUT2D eigenvalue weighted by atomic mass is 16.5. The second-order valence-corrected chi connectivity index (χ2v) is 3.04. The normalized spacial score (nSPS) is 12.8. The SMILES string of the molecule is O=C(O)CC(CCCC(O)O)C(=O)O. The Morgan fingerprint density at radius 2 is 1.64 bits per heavy atom. The van der Waals surface area contributed by atoms with Gasteiger partial charge in [-0.2, -0.15) is 0 Å². The summed E-state index contributed by atoms with van der Waals surface area (Å²) < 4.78 is 0.